The molecule has 1 aliphatic heterocycles. The Morgan fingerprint density at radius 3 is 2.83 bits per heavy atom. The molecular weight excluding hydrogens is 538 g/mol. The molecule has 0 aliphatic carbocycles. The van der Waals surface area contributed by atoms with Gasteiger partial charge >= 0.3 is 6.03 Å². The first-order valence-electron chi connectivity index (χ1n) is 13.6. The number of hydrogen-bond donors (Lipinski definition) is 2. The van der Waals surface area contributed by atoms with E-state index in [0.29, 0.717) is 25.6 Å². The molecule has 11 heteroatoms. The summed E-state index contributed by atoms with van der Waals surface area (Å²) in [6, 6.07) is 17.1. The van der Waals surface area contributed by atoms with Crippen molar-refractivity contribution in [1.29, 1.82) is 0 Å². The van der Waals surface area contributed by atoms with Crippen LogP contribution in [0.25, 0.3) is 27.6 Å². The lowest BCUT2D eigenvalue weighted by atomic mass is 10.1. The fourth-order valence-corrected chi connectivity index (χ4v) is 5.74. The van der Waals surface area contributed by atoms with Crippen molar-refractivity contribution in [3.05, 3.63) is 72.4 Å². The summed E-state index contributed by atoms with van der Waals surface area (Å²) in [4.78, 5) is 30.0. The molecule has 2 N–H and O–H groups in total. The lowest BCUT2D eigenvalue weighted by Gasteiger charge is -2.33. The largest absolute Gasteiger partial charge is 0.497 e. The molecule has 6 rings (SSSR count). The van der Waals surface area contributed by atoms with E-state index in [-0.39, 0.29) is 12.1 Å². The van der Waals surface area contributed by atoms with E-state index in [4.69, 9.17) is 19.4 Å². The molecular formula is C30H31N7O3S. The number of hydrogen-bond acceptors (Lipinski definition) is 8. The minimum absolute atomic E-state index is 0.0227. The van der Waals surface area contributed by atoms with Crippen LogP contribution in [-0.4, -0.2) is 63.1 Å². The first-order chi connectivity index (χ1) is 20.1. The Balaban J connectivity index is 1.19. The van der Waals surface area contributed by atoms with E-state index in [2.05, 4.69) is 20.0 Å². The zero-order valence-electron chi connectivity index (χ0n) is 22.9. The summed E-state index contributed by atoms with van der Waals surface area (Å²) >= 11 is 1.57. The number of likely N-dealkylation sites (tertiary alicyclic amines) is 1. The number of urea groups is 1. The molecule has 210 valence electrons. The van der Waals surface area contributed by atoms with Crippen molar-refractivity contribution in [2.75, 3.05) is 37.4 Å². The molecule has 0 bridgehead atoms. The number of thiazole rings is 1. The average molecular weight is 570 g/mol. The maximum atomic E-state index is 13.0. The van der Waals surface area contributed by atoms with E-state index in [0.717, 1.165) is 57.6 Å². The van der Waals surface area contributed by atoms with Crippen molar-refractivity contribution < 1.29 is 14.3 Å². The van der Waals surface area contributed by atoms with Gasteiger partial charge in [0.1, 0.15) is 17.2 Å². The van der Waals surface area contributed by atoms with Crippen LogP contribution in [0.15, 0.2) is 72.4 Å². The highest BCUT2D eigenvalue weighted by molar-refractivity contribution is 7.15. The fourth-order valence-electron chi connectivity index (χ4n) is 5.03. The smallest absolute Gasteiger partial charge is 0.321 e. The molecule has 1 saturated heterocycles. The Hall–Kier alpha value is -4.64. The number of nitrogens with one attached hydrogen (secondary N) is 2. The third-order valence-corrected chi connectivity index (χ3v) is 7.72. The van der Waals surface area contributed by atoms with Crippen LogP contribution < -0.4 is 20.1 Å². The van der Waals surface area contributed by atoms with Crippen molar-refractivity contribution in [1.82, 2.24) is 24.3 Å². The van der Waals surface area contributed by atoms with Crippen LogP contribution in [0, 0.1) is 0 Å². The number of anilines is 2. The van der Waals surface area contributed by atoms with Crippen LogP contribution in [0.2, 0.25) is 0 Å². The molecule has 0 unspecified atom stereocenters. The zero-order valence-corrected chi connectivity index (χ0v) is 23.7. The topological polar surface area (TPSA) is 106 Å². The van der Waals surface area contributed by atoms with E-state index in [9.17, 15) is 4.79 Å². The third-order valence-electron chi connectivity index (χ3n) is 6.96. The number of nitrogens with zero attached hydrogens (tertiary/aromatic N) is 5. The highest BCUT2D eigenvalue weighted by Crippen LogP contribution is 2.35. The number of amides is 2. The Bertz CT molecular complexity index is 1650. The summed E-state index contributed by atoms with van der Waals surface area (Å²) in [6.45, 7) is 3.78. The van der Waals surface area contributed by atoms with Crippen molar-refractivity contribution in [3.8, 4) is 34.1 Å². The molecule has 0 radical (unpaired) electrons. The zero-order chi connectivity index (χ0) is 28.2. The molecule has 0 spiro atoms. The quantitative estimate of drug-likeness (QED) is 0.235. The van der Waals surface area contributed by atoms with Crippen LogP contribution >= 0.6 is 11.3 Å². The van der Waals surface area contributed by atoms with Gasteiger partial charge in [0.15, 0.2) is 4.96 Å². The predicted octanol–water partition coefficient (Wildman–Crippen LogP) is 6.04. The molecule has 41 heavy (non-hydrogen) atoms. The Labute approximate surface area is 242 Å². The minimum Gasteiger partial charge on any atom is -0.497 e. The van der Waals surface area contributed by atoms with Gasteiger partial charge in [-0.3, -0.25) is 4.40 Å². The lowest BCUT2D eigenvalue weighted by Crippen LogP contribution is -2.47. The molecule has 1 atom stereocenters. The van der Waals surface area contributed by atoms with E-state index in [1.807, 2.05) is 78.0 Å². The predicted molar refractivity (Wildman–Crippen MR) is 161 cm³/mol. The second kappa shape index (κ2) is 11.8. The van der Waals surface area contributed by atoms with Gasteiger partial charge in [-0.1, -0.05) is 12.1 Å². The van der Waals surface area contributed by atoms with Crippen molar-refractivity contribution in [2.45, 2.75) is 25.8 Å². The number of carbonyl (C=O) groups excluding carboxylic acids is 1. The standard InChI is InChI=1S/C30H31N7O3S/c1-3-40-23-11-9-21(10-12-23)33-29(38)36-15-5-7-22(19-36)32-28-31-14-13-25(34-28)27-26(35-30-37(27)16-17-41-30)20-6-4-8-24(18-20)39-2/h4,6,8-14,16-18,22H,3,5,7,15,19H2,1-2H3,(H,33,38)(H,31,32,34)/t22-/m1/s1. The van der Waals surface area contributed by atoms with Crippen LogP contribution in [0.1, 0.15) is 19.8 Å². The molecule has 1 aliphatic rings. The number of rotatable bonds is 8. The molecule has 2 amide bonds. The molecule has 10 nitrogen and oxygen atoms in total. The first-order valence-corrected chi connectivity index (χ1v) is 14.5. The lowest BCUT2D eigenvalue weighted by molar-refractivity contribution is 0.196. The maximum Gasteiger partial charge on any atom is 0.321 e. The van der Waals surface area contributed by atoms with E-state index < -0.39 is 0 Å². The Morgan fingerprint density at radius 1 is 1.12 bits per heavy atom. The number of imidazole rings is 1. The number of fused-ring (bicyclic) bond motifs is 1. The van der Waals surface area contributed by atoms with E-state index in [1.165, 1.54) is 0 Å². The van der Waals surface area contributed by atoms with Crippen LogP contribution in [0.4, 0.5) is 16.4 Å². The second-order valence-corrected chi connectivity index (χ2v) is 10.6. The SMILES string of the molecule is CCOc1ccc(NC(=O)N2CCC[C@@H](Nc3nccc(-c4c(-c5cccc(OC)c5)nc5sccn45)n3)C2)cc1. The van der Waals surface area contributed by atoms with Crippen LogP contribution in [0.5, 0.6) is 11.5 Å². The first kappa shape index (κ1) is 26.6. The second-order valence-electron chi connectivity index (χ2n) is 9.68. The highest BCUT2D eigenvalue weighted by atomic mass is 32.1. The molecule has 1 fully saturated rings. The van der Waals surface area contributed by atoms with Gasteiger partial charge in [-0.15, -0.1) is 11.3 Å². The number of ether oxygens (including phenoxy) is 2. The van der Waals surface area contributed by atoms with Gasteiger partial charge in [0.05, 0.1) is 25.1 Å². The molecule has 0 saturated carbocycles. The van der Waals surface area contributed by atoms with Crippen molar-refractivity contribution >= 4 is 34.0 Å². The van der Waals surface area contributed by atoms with Gasteiger partial charge in [-0.2, -0.15) is 0 Å². The average Bonchev–Trinajstić information content (AvgIpc) is 3.60. The normalized spacial score (nSPS) is 15.1. The van der Waals surface area contributed by atoms with Gasteiger partial charge in [0.2, 0.25) is 5.95 Å². The van der Waals surface area contributed by atoms with E-state index in [1.54, 1.807) is 24.6 Å². The Morgan fingerprint density at radius 2 is 2.00 bits per heavy atom. The fraction of sp³-hybridized carbons (Fsp3) is 0.267. The minimum atomic E-state index is -0.127. The van der Waals surface area contributed by atoms with Gasteiger partial charge in [0, 0.05) is 48.2 Å². The van der Waals surface area contributed by atoms with E-state index >= 15 is 0 Å². The van der Waals surface area contributed by atoms with Crippen molar-refractivity contribution in [2.24, 2.45) is 0 Å². The number of aromatic nitrogens is 4. The van der Waals surface area contributed by atoms with Gasteiger partial charge in [-0.05, 0) is 62.2 Å². The molecule has 5 aromatic rings. The summed E-state index contributed by atoms with van der Waals surface area (Å²) in [5, 5.41) is 8.47. The van der Waals surface area contributed by atoms with Gasteiger partial charge in [-0.25, -0.2) is 19.7 Å². The maximum absolute atomic E-state index is 13.0. The van der Waals surface area contributed by atoms with Gasteiger partial charge < -0.3 is 25.0 Å². The number of carbonyl (C=O) groups is 1. The van der Waals surface area contributed by atoms with Crippen LogP contribution in [-0.2, 0) is 0 Å². The monoisotopic (exact) mass is 569 g/mol. The summed E-state index contributed by atoms with van der Waals surface area (Å²) in [5.74, 6) is 2.06. The molecule has 3 aromatic heterocycles. The number of benzene rings is 2. The highest BCUT2D eigenvalue weighted by Gasteiger charge is 2.25. The molecule has 4 heterocycles. The van der Waals surface area contributed by atoms with Gasteiger partial charge in [0.25, 0.3) is 0 Å². The third kappa shape index (κ3) is 5.80. The Kier molecular flexibility index (Phi) is 7.68. The molecule has 2 aromatic carbocycles. The summed E-state index contributed by atoms with van der Waals surface area (Å²) in [5.41, 5.74) is 4.16. The number of piperidine rings is 1. The summed E-state index contributed by atoms with van der Waals surface area (Å²) in [7, 11) is 1.66. The van der Waals surface area contributed by atoms with Crippen molar-refractivity contribution in [3.63, 3.8) is 0 Å². The summed E-state index contributed by atoms with van der Waals surface area (Å²) in [6.07, 6.45) is 5.55. The summed E-state index contributed by atoms with van der Waals surface area (Å²) < 4.78 is 13.0. The van der Waals surface area contributed by atoms with Crippen LogP contribution in [0.3, 0.4) is 0 Å². The number of methoxy groups -OCH3 is 1.